The highest BCUT2D eigenvalue weighted by molar-refractivity contribution is 5.73. The minimum Gasteiger partial charge on any atom is -0.393 e. The smallest absolute Gasteiger partial charge is 0.315 e. The first-order valence-electron chi connectivity index (χ1n) is 6.48. The Morgan fingerprint density at radius 1 is 1.37 bits per heavy atom. The van der Waals surface area contributed by atoms with E-state index in [-0.39, 0.29) is 17.6 Å². The van der Waals surface area contributed by atoms with Crippen molar-refractivity contribution in [2.45, 2.75) is 39.8 Å². The summed E-state index contributed by atoms with van der Waals surface area (Å²) in [5.74, 6) is 0. The summed E-state index contributed by atoms with van der Waals surface area (Å²) in [7, 11) is 0. The Labute approximate surface area is 114 Å². The molecule has 1 aromatic rings. The van der Waals surface area contributed by atoms with E-state index in [2.05, 4.69) is 15.6 Å². The lowest BCUT2D eigenvalue weighted by Gasteiger charge is -2.26. The number of hydrogen-bond donors (Lipinski definition) is 3. The molecule has 0 aliphatic rings. The summed E-state index contributed by atoms with van der Waals surface area (Å²) < 4.78 is 0. The van der Waals surface area contributed by atoms with Gasteiger partial charge in [-0.25, -0.2) is 4.79 Å². The molecule has 0 spiro atoms. The van der Waals surface area contributed by atoms with E-state index in [0.29, 0.717) is 19.5 Å². The lowest BCUT2D eigenvalue weighted by atomic mass is 9.87. The molecule has 0 radical (unpaired) electrons. The molecule has 3 N–H and O–H groups in total. The molecule has 1 atom stereocenters. The quantitative estimate of drug-likeness (QED) is 0.732. The molecule has 106 valence electrons. The van der Waals surface area contributed by atoms with Crippen molar-refractivity contribution in [1.29, 1.82) is 0 Å². The van der Waals surface area contributed by atoms with Gasteiger partial charge in [0.1, 0.15) is 0 Å². The molecule has 1 unspecified atom stereocenters. The third kappa shape index (κ3) is 6.76. The summed E-state index contributed by atoms with van der Waals surface area (Å²) in [5.41, 5.74) is 0.885. The number of aromatic nitrogens is 1. The number of pyridine rings is 1. The summed E-state index contributed by atoms with van der Waals surface area (Å²) in [6.45, 7) is 6.79. The highest BCUT2D eigenvalue weighted by Gasteiger charge is 2.20. The Balaban J connectivity index is 2.28. The minimum atomic E-state index is -0.364. The number of nitrogens with zero attached hydrogens (tertiary/aromatic N) is 1. The van der Waals surface area contributed by atoms with Gasteiger partial charge >= 0.3 is 6.03 Å². The molecule has 2 amide bonds. The summed E-state index contributed by atoms with van der Waals surface area (Å²) >= 11 is 0. The van der Waals surface area contributed by atoms with E-state index >= 15 is 0 Å². The zero-order valence-electron chi connectivity index (χ0n) is 11.8. The van der Waals surface area contributed by atoms with Crippen LogP contribution in [0.1, 0.15) is 32.8 Å². The Morgan fingerprint density at radius 2 is 2.00 bits per heavy atom. The fourth-order valence-electron chi connectivity index (χ4n) is 1.94. The molecule has 0 saturated carbocycles. The molecule has 19 heavy (non-hydrogen) atoms. The van der Waals surface area contributed by atoms with Gasteiger partial charge in [-0.15, -0.1) is 0 Å². The van der Waals surface area contributed by atoms with Gasteiger partial charge in [-0.2, -0.15) is 0 Å². The van der Waals surface area contributed by atoms with Crippen LogP contribution in [0.15, 0.2) is 24.5 Å². The number of urea groups is 1. The van der Waals surface area contributed by atoms with E-state index in [1.807, 2.05) is 26.0 Å². The highest BCUT2D eigenvalue weighted by Crippen LogP contribution is 2.20. The van der Waals surface area contributed by atoms with Crippen LogP contribution in [0.3, 0.4) is 0 Å². The second kappa shape index (κ2) is 7.09. The highest BCUT2D eigenvalue weighted by atomic mass is 16.3. The summed E-state index contributed by atoms with van der Waals surface area (Å²) in [5, 5.41) is 15.0. The molecule has 1 heterocycles. The lowest BCUT2D eigenvalue weighted by molar-refractivity contribution is 0.129. The molecule has 0 fully saturated rings. The Morgan fingerprint density at radius 3 is 2.58 bits per heavy atom. The molecule has 1 aromatic heterocycles. The second-order valence-electron chi connectivity index (χ2n) is 5.61. The van der Waals surface area contributed by atoms with Crippen molar-refractivity contribution >= 4 is 6.03 Å². The van der Waals surface area contributed by atoms with Gasteiger partial charge in [-0.1, -0.05) is 13.8 Å². The van der Waals surface area contributed by atoms with Crippen molar-refractivity contribution in [3.05, 3.63) is 30.1 Å². The zero-order valence-corrected chi connectivity index (χ0v) is 11.8. The lowest BCUT2D eigenvalue weighted by Crippen LogP contribution is -2.41. The van der Waals surface area contributed by atoms with Gasteiger partial charge in [0.2, 0.25) is 0 Å². The number of aliphatic hydroxyl groups excluding tert-OH is 1. The van der Waals surface area contributed by atoms with Crippen molar-refractivity contribution in [3.63, 3.8) is 0 Å². The largest absolute Gasteiger partial charge is 0.393 e. The maximum Gasteiger partial charge on any atom is 0.315 e. The van der Waals surface area contributed by atoms with Gasteiger partial charge in [-0.3, -0.25) is 4.98 Å². The van der Waals surface area contributed by atoms with Crippen molar-refractivity contribution in [2.75, 3.05) is 6.54 Å². The molecular weight excluding hydrogens is 242 g/mol. The van der Waals surface area contributed by atoms with Gasteiger partial charge in [0.15, 0.2) is 0 Å². The van der Waals surface area contributed by atoms with E-state index in [0.717, 1.165) is 5.56 Å². The van der Waals surface area contributed by atoms with E-state index < -0.39 is 0 Å². The van der Waals surface area contributed by atoms with Gasteiger partial charge in [-0.05, 0) is 36.5 Å². The summed E-state index contributed by atoms with van der Waals surface area (Å²) in [6, 6.07) is 3.52. The maximum atomic E-state index is 11.6. The van der Waals surface area contributed by atoms with Gasteiger partial charge < -0.3 is 15.7 Å². The van der Waals surface area contributed by atoms with Crippen LogP contribution >= 0.6 is 0 Å². The number of carbonyl (C=O) groups excluding carboxylic acids is 1. The van der Waals surface area contributed by atoms with Gasteiger partial charge in [0.05, 0.1) is 6.10 Å². The molecule has 1 rings (SSSR count). The van der Waals surface area contributed by atoms with Crippen LogP contribution in [-0.4, -0.2) is 28.8 Å². The number of nitrogens with one attached hydrogen (secondary N) is 2. The van der Waals surface area contributed by atoms with Crippen LogP contribution in [-0.2, 0) is 6.54 Å². The van der Waals surface area contributed by atoms with Crippen LogP contribution in [0, 0.1) is 5.41 Å². The topological polar surface area (TPSA) is 74.2 Å². The Kier molecular flexibility index (Phi) is 5.76. The molecule has 0 aromatic carbocycles. The fraction of sp³-hybridized carbons (Fsp3) is 0.571. The molecule has 5 nitrogen and oxygen atoms in total. The molecular formula is C14H23N3O2. The van der Waals surface area contributed by atoms with Crippen LogP contribution in [0.5, 0.6) is 0 Å². The average Bonchev–Trinajstić information content (AvgIpc) is 2.34. The molecule has 0 aliphatic carbocycles. The van der Waals surface area contributed by atoms with E-state index in [1.54, 1.807) is 19.3 Å². The molecule has 0 bridgehead atoms. The average molecular weight is 265 g/mol. The third-order valence-electron chi connectivity index (χ3n) is 2.78. The van der Waals surface area contributed by atoms with Crippen molar-refractivity contribution in [1.82, 2.24) is 15.6 Å². The number of rotatable bonds is 6. The van der Waals surface area contributed by atoms with Crippen molar-refractivity contribution in [3.8, 4) is 0 Å². The molecule has 0 saturated heterocycles. The van der Waals surface area contributed by atoms with Gasteiger partial charge in [0, 0.05) is 25.5 Å². The molecule has 5 heteroatoms. The summed E-state index contributed by atoms with van der Waals surface area (Å²) in [6.07, 6.45) is 3.68. The van der Waals surface area contributed by atoms with E-state index in [4.69, 9.17) is 0 Å². The first kappa shape index (κ1) is 15.4. The second-order valence-corrected chi connectivity index (χ2v) is 5.61. The van der Waals surface area contributed by atoms with Crippen LogP contribution in [0.25, 0.3) is 0 Å². The zero-order chi connectivity index (χ0) is 14.3. The number of hydrogen-bond acceptors (Lipinski definition) is 3. The normalized spacial score (nSPS) is 12.8. The van der Waals surface area contributed by atoms with Crippen LogP contribution < -0.4 is 10.6 Å². The van der Waals surface area contributed by atoms with Crippen LogP contribution in [0.4, 0.5) is 4.79 Å². The predicted octanol–water partition coefficient (Wildman–Crippen LogP) is 1.68. The van der Waals surface area contributed by atoms with Crippen molar-refractivity contribution in [2.24, 2.45) is 5.41 Å². The SMILES string of the molecule is CC(O)CC(C)(C)CNC(=O)NCc1ccncc1. The third-order valence-corrected chi connectivity index (χ3v) is 2.78. The summed E-state index contributed by atoms with van der Waals surface area (Å²) in [4.78, 5) is 15.6. The fourth-order valence-corrected chi connectivity index (χ4v) is 1.94. The Bertz CT molecular complexity index is 391. The standard InChI is InChI=1S/C14H23N3O2/c1-11(18)8-14(2,3)10-17-13(19)16-9-12-4-6-15-7-5-12/h4-7,11,18H,8-10H2,1-3H3,(H2,16,17,19). The number of amides is 2. The van der Waals surface area contributed by atoms with Crippen molar-refractivity contribution < 1.29 is 9.90 Å². The number of carbonyl (C=O) groups is 1. The van der Waals surface area contributed by atoms with Gasteiger partial charge in [0.25, 0.3) is 0 Å². The number of aliphatic hydroxyl groups is 1. The Hall–Kier alpha value is -1.62. The van der Waals surface area contributed by atoms with Crippen LogP contribution in [0.2, 0.25) is 0 Å². The first-order chi connectivity index (χ1) is 8.89. The monoisotopic (exact) mass is 265 g/mol. The minimum absolute atomic E-state index is 0.123. The van der Waals surface area contributed by atoms with E-state index in [9.17, 15) is 9.90 Å². The predicted molar refractivity (Wildman–Crippen MR) is 74.6 cm³/mol. The maximum absolute atomic E-state index is 11.6. The van der Waals surface area contributed by atoms with E-state index in [1.165, 1.54) is 0 Å². The first-order valence-corrected chi connectivity index (χ1v) is 6.48. The molecule has 0 aliphatic heterocycles.